The first-order valence-corrected chi connectivity index (χ1v) is 10.8. The lowest BCUT2D eigenvalue weighted by Crippen LogP contribution is -2.52. The number of rotatable bonds is 3. The zero-order valence-electron chi connectivity index (χ0n) is 13.7. The first-order valence-electron chi connectivity index (χ1n) is 8.53. The SMILES string of the molecule is O=C(C1CCCCC1)N1CCN(S(=O)(=O)c2cccc(Br)c2)CC1. The van der Waals surface area contributed by atoms with Gasteiger partial charge in [-0.25, -0.2) is 8.42 Å². The monoisotopic (exact) mass is 414 g/mol. The van der Waals surface area contributed by atoms with E-state index in [1.54, 1.807) is 24.3 Å². The normalized spacial score (nSPS) is 21.0. The molecule has 0 atom stereocenters. The smallest absolute Gasteiger partial charge is 0.243 e. The Kier molecular flexibility index (Phi) is 5.62. The fourth-order valence-corrected chi connectivity index (χ4v) is 5.55. The second-order valence-electron chi connectivity index (χ2n) is 6.52. The predicted octanol–water partition coefficient (Wildman–Crippen LogP) is 2.86. The maximum absolute atomic E-state index is 12.7. The number of halogens is 1. The number of benzene rings is 1. The van der Waals surface area contributed by atoms with Crippen molar-refractivity contribution in [2.45, 2.75) is 37.0 Å². The van der Waals surface area contributed by atoms with E-state index in [1.807, 2.05) is 4.90 Å². The molecule has 132 valence electrons. The first kappa shape index (κ1) is 17.9. The van der Waals surface area contributed by atoms with E-state index in [0.29, 0.717) is 31.1 Å². The molecule has 0 spiro atoms. The Balaban J connectivity index is 1.63. The molecule has 1 aliphatic carbocycles. The zero-order valence-corrected chi connectivity index (χ0v) is 16.1. The molecule has 3 rings (SSSR count). The van der Waals surface area contributed by atoms with Crippen LogP contribution in [0.4, 0.5) is 0 Å². The topological polar surface area (TPSA) is 57.7 Å². The van der Waals surface area contributed by atoms with E-state index in [2.05, 4.69) is 15.9 Å². The summed E-state index contributed by atoms with van der Waals surface area (Å²) in [6.45, 7) is 1.71. The van der Waals surface area contributed by atoms with E-state index in [-0.39, 0.29) is 11.8 Å². The van der Waals surface area contributed by atoms with Gasteiger partial charge in [-0.3, -0.25) is 4.79 Å². The van der Waals surface area contributed by atoms with Crippen LogP contribution in [0.1, 0.15) is 32.1 Å². The van der Waals surface area contributed by atoms with Crippen LogP contribution in [0.3, 0.4) is 0 Å². The van der Waals surface area contributed by atoms with Crippen molar-refractivity contribution in [1.82, 2.24) is 9.21 Å². The Labute approximate surface area is 152 Å². The lowest BCUT2D eigenvalue weighted by molar-refractivity contribution is -0.137. The molecule has 2 fully saturated rings. The van der Waals surface area contributed by atoms with Crippen molar-refractivity contribution in [2.75, 3.05) is 26.2 Å². The van der Waals surface area contributed by atoms with Crippen molar-refractivity contribution < 1.29 is 13.2 Å². The Morgan fingerprint density at radius 1 is 1.04 bits per heavy atom. The average Bonchev–Trinajstić information content (AvgIpc) is 2.62. The van der Waals surface area contributed by atoms with Gasteiger partial charge >= 0.3 is 0 Å². The molecule has 24 heavy (non-hydrogen) atoms. The summed E-state index contributed by atoms with van der Waals surface area (Å²) in [4.78, 5) is 14.7. The van der Waals surface area contributed by atoms with Crippen LogP contribution >= 0.6 is 15.9 Å². The summed E-state index contributed by atoms with van der Waals surface area (Å²) in [5.74, 6) is 0.362. The number of amides is 1. The Bertz CT molecular complexity index is 694. The highest BCUT2D eigenvalue weighted by Crippen LogP contribution is 2.27. The fraction of sp³-hybridized carbons (Fsp3) is 0.588. The fourth-order valence-electron chi connectivity index (χ4n) is 3.53. The molecule has 0 aromatic heterocycles. The summed E-state index contributed by atoms with van der Waals surface area (Å²) < 4.78 is 27.7. The van der Waals surface area contributed by atoms with Gasteiger partial charge in [0.05, 0.1) is 4.90 Å². The van der Waals surface area contributed by atoms with E-state index < -0.39 is 10.0 Å². The molecule has 1 saturated heterocycles. The number of nitrogens with zero attached hydrogens (tertiary/aromatic N) is 2. The minimum Gasteiger partial charge on any atom is -0.340 e. The highest BCUT2D eigenvalue weighted by Gasteiger charge is 2.32. The lowest BCUT2D eigenvalue weighted by atomic mass is 9.88. The minimum atomic E-state index is -3.49. The third-order valence-electron chi connectivity index (χ3n) is 4.94. The van der Waals surface area contributed by atoms with Gasteiger partial charge in [-0.05, 0) is 31.0 Å². The van der Waals surface area contributed by atoms with Gasteiger partial charge in [0.1, 0.15) is 0 Å². The largest absolute Gasteiger partial charge is 0.340 e. The molecule has 1 saturated carbocycles. The molecule has 0 unspecified atom stereocenters. The van der Waals surface area contributed by atoms with Gasteiger partial charge in [-0.15, -0.1) is 0 Å². The maximum Gasteiger partial charge on any atom is 0.243 e. The number of carbonyl (C=O) groups excluding carboxylic acids is 1. The summed E-state index contributed by atoms with van der Waals surface area (Å²) in [5, 5.41) is 0. The number of carbonyl (C=O) groups is 1. The molecule has 2 aliphatic rings. The zero-order chi connectivity index (χ0) is 17.2. The van der Waals surface area contributed by atoms with Crippen molar-refractivity contribution in [3.63, 3.8) is 0 Å². The van der Waals surface area contributed by atoms with Crippen LogP contribution in [0.15, 0.2) is 33.6 Å². The highest BCUT2D eigenvalue weighted by atomic mass is 79.9. The van der Waals surface area contributed by atoms with E-state index in [4.69, 9.17) is 0 Å². The lowest BCUT2D eigenvalue weighted by Gasteiger charge is -2.36. The number of hydrogen-bond donors (Lipinski definition) is 0. The van der Waals surface area contributed by atoms with Crippen LogP contribution in [0, 0.1) is 5.92 Å². The van der Waals surface area contributed by atoms with Crippen molar-refractivity contribution >= 4 is 31.9 Å². The van der Waals surface area contributed by atoms with Crippen LogP contribution in [0.25, 0.3) is 0 Å². The second kappa shape index (κ2) is 7.54. The standard InChI is InChI=1S/C17H23BrN2O3S/c18-15-7-4-8-16(13-15)24(22,23)20-11-9-19(10-12-20)17(21)14-5-2-1-3-6-14/h4,7-8,13-14H,1-3,5-6,9-12H2. The minimum absolute atomic E-state index is 0.145. The molecule has 1 aromatic rings. The molecular formula is C17H23BrN2O3S. The molecule has 0 radical (unpaired) electrons. The summed E-state index contributed by atoms with van der Waals surface area (Å²) in [6, 6.07) is 6.76. The van der Waals surface area contributed by atoms with Gasteiger partial charge in [0, 0.05) is 36.6 Å². The Morgan fingerprint density at radius 2 is 1.71 bits per heavy atom. The molecule has 7 heteroatoms. The van der Waals surface area contributed by atoms with Crippen molar-refractivity contribution in [2.24, 2.45) is 5.92 Å². The van der Waals surface area contributed by atoms with Crippen molar-refractivity contribution in [3.8, 4) is 0 Å². The van der Waals surface area contributed by atoms with Gasteiger partial charge in [-0.2, -0.15) is 4.31 Å². The number of piperazine rings is 1. The van der Waals surface area contributed by atoms with Crippen molar-refractivity contribution in [1.29, 1.82) is 0 Å². The molecule has 0 bridgehead atoms. The Morgan fingerprint density at radius 3 is 2.33 bits per heavy atom. The average molecular weight is 415 g/mol. The van der Waals surface area contributed by atoms with Gasteiger partial charge in [0.25, 0.3) is 0 Å². The van der Waals surface area contributed by atoms with Gasteiger partial charge in [0.2, 0.25) is 15.9 Å². The molecular weight excluding hydrogens is 392 g/mol. The molecule has 1 aliphatic heterocycles. The molecule has 1 amide bonds. The van der Waals surface area contributed by atoms with Crippen LogP contribution < -0.4 is 0 Å². The van der Waals surface area contributed by atoms with Crippen LogP contribution in [0.2, 0.25) is 0 Å². The van der Waals surface area contributed by atoms with Crippen molar-refractivity contribution in [3.05, 3.63) is 28.7 Å². The van der Waals surface area contributed by atoms with Crippen LogP contribution in [0.5, 0.6) is 0 Å². The third-order valence-corrected chi connectivity index (χ3v) is 7.33. The van der Waals surface area contributed by atoms with E-state index in [1.165, 1.54) is 10.7 Å². The molecule has 1 aromatic carbocycles. The molecule has 1 heterocycles. The quantitative estimate of drug-likeness (QED) is 0.763. The summed E-state index contributed by atoms with van der Waals surface area (Å²) >= 11 is 3.32. The summed E-state index contributed by atoms with van der Waals surface area (Å²) in [6.07, 6.45) is 5.45. The Hall–Kier alpha value is -0.920. The predicted molar refractivity (Wildman–Crippen MR) is 96.1 cm³/mol. The number of hydrogen-bond acceptors (Lipinski definition) is 3. The second-order valence-corrected chi connectivity index (χ2v) is 9.38. The number of sulfonamides is 1. The first-order chi connectivity index (χ1) is 11.5. The summed E-state index contributed by atoms with van der Waals surface area (Å²) in [5.41, 5.74) is 0. The molecule has 5 nitrogen and oxygen atoms in total. The highest BCUT2D eigenvalue weighted by molar-refractivity contribution is 9.10. The van der Waals surface area contributed by atoms with Gasteiger partial charge in [0.15, 0.2) is 0 Å². The van der Waals surface area contributed by atoms with E-state index in [9.17, 15) is 13.2 Å². The third kappa shape index (κ3) is 3.83. The van der Waals surface area contributed by atoms with E-state index >= 15 is 0 Å². The maximum atomic E-state index is 12.7. The molecule has 0 N–H and O–H groups in total. The van der Waals surface area contributed by atoms with Crippen LogP contribution in [-0.2, 0) is 14.8 Å². The van der Waals surface area contributed by atoms with Crippen LogP contribution in [-0.4, -0.2) is 49.7 Å². The van der Waals surface area contributed by atoms with Gasteiger partial charge in [-0.1, -0.05) is 41.3 Å². The van der Waals surface area contributed by atoms with Gasteiger partial charge < -0.3 is 4.90 Å². The summed E-state index contributed by atoms with van der Waals surface area (Å²) in [7, 11) is -3.49. The van der Waals surface area contributed by atoms with E-state index in [0.717, 1.165) is 30.2 Å².